The number of ketones is 1. The van der Waals surface area contributed by atoms with Crippen molar-refractivity contribution in [3.05, 3.63) is 74.8 Å². The van der Waals surface area contributed by atoms with E-state index in [2.05, 4.69) is 0 Å². The Balaban J connectivity index is 1.76. The largest absolute Gasteiger partial charge is 0.450 e. The molecule has 0 aliphatic carbocycles. The number of halogens is 2. The van der Waals surface area contributed by atoms with Crippen LogP contribution in [0, 0.1) is 0 Å². The number of carbonyl (C=O) groups excluding carboxylic acids is 2. The molecule has 0 bridgehead atoms. The quantitative estimate of drug-likeness (QED) is 0.450. The van der Waals surface area contributed by atoms with E-state index in [0.717, 1.165) is 11.8 Å². The summed E-state index contributed by atoms with van der Waals surface area (Å²) in [5.41, 5.74) is 8.11. The molecule has 2 atom stereocenters. The highest BCUT2D eigenvalue weighted by molar-refractivity contribution is 8.03. The van der Waals surface area contributed by atoms with Gasteiger partial charge in [0.25, 0.3) is 0 Å². The second-order valence-corrected chi connectivity index (χ2v) is 8.08. The molecule has 0 spiro atoms. The predicted molar refractivity (Wildman–Crippen MR) is 110 cm³/mol. The van der Waals surface area contributed by atoms with Crippen molar-refractivity contribution in [2.45, 2.75) is 11.2 Å². The lowest BCUT2D eigenvalue weighted by Crippen LogP contribution is -2.10. The Kier molecular flexibility index (Phi) is 4.76. The molecule has 0 fully saturated rings. The van der Waals surface area contributed by atoms with Gasteiger partial charge < -0.3 is 14.9 Å². The summed E-state index contributed by atoms with van der Waals surface area (Å²) in [7, 11) is 0. The van der Waals surface area contributed by atoms with Crippen LogP contribution in [0.4, 0.5) is 5.69 Å². The number of thioether (sulfide) groups is 1. The van der Waals surface area contributed by atoms with Crippen LogP contribution >= 0.6 is 35.0 Å². The minimum atomic E-state index is -0.408. The van der Waals surface area contributed by atoms with Crippen molar-refractivity contribution in [3.63, 3.8) is 0 Å². The first-order valence-corrected chi connectivity index (χ1v) is 9.78. The van der Waals surface area contributed by atoms with E-state index in [-0.39, 0.29) is 33.2 Å². The zero-order valence-electron chi connectivity index (χ0n) is 13.8. The van der Waals surface area contributed by atoms with Crippen LogP contribution < -0.4 is 5.73 Å². The number of allylic oxidation sites excluding steroid dienone is 1. The maximum absolute atomic E-state index is 12.8. The fraction of sp³-hybridized carbons (Fsp3) is 0.100. The number of furan rings is 1. The summed E-state index contributed by atoms with van der Waals surface area (Å²) in [6.07, 6.45) is 2.92. The molecule has 4 nitrogen and oxygen atoms in total. The van der Waals surface area contributed by atoms with Gasteiger partial charge in [0.1, 0.15) is 11.9 Å². The standard InChI is InChI=1S/C20H13Cl2NO3S/c21-11-2-4-13(15(22)8-11)19(25)20-18(23)14-3-1-10(7-16(14)26-20)12-5-6-27-17(12)9-24/h1-9,12,17H,23H2. The van der Waals surface area contributed by atoms with Crippen molar-refractivity contribution in [3.8, 4) is 0 Å². The van der Waals surface area contributed by atoms with Crippen LogP contribution in [-0.2, 0) is 4.79 Å². The first kappa shape index (κ1) is 18.2. The molecule has 136 valence electrons. The Labute approximate surface area is 169 Å². The first-order valence-electron chi connectivity index (χ1n) is 8.08. The van der Waals surface area contributed by atoms with Crippen LogP contribution in [0.1, 0.15) is 27.6 Å². The van der Waals surface area contributed by atoms with E-state index >= 15 is 0 Å². The number of hydrogen-bond donors (Lipinski definition) is 1. The highest BCUT2D eigenvalue weighted by atomic mass is 35.5. The van der Waals surface area contributed by atoms with E-state index in [9.17, 15) is 9.59 Å². The number of carbonyl (C=O) groups is 2. The van der Waals surface area contributed by atoms with Crippen molar-refractivity contribution in [2.24, 2.45) is 0 Å². The third-order valence-corrected chi connectivity index (χ3v) is 6.11. The molecule has 1 aromatic heterocycles. The summed E-state index contributed by atoms with van der Waals surface area (Å²) in [6.45, 7) is 0. The molecule has 0 saturated heterocycles. The Morgan fingerprint density at radius 2 is 2.00 bits per heavy atom. The Hall–Kier alpha value is -2.21. The SMILES string of the molecule is Nc1c(C(=O)c2ccc(Cl)cc2Cl)oc2cc(C3C=CSC3C=O)ccc12. The molecule has 1 aliphatic rings. The van der Waals surface area contributed by atoms with Gasteiger partial charge >= 0.3 is 0 Å². The number of anilines is 1. The smallest absolute Gasteiger partial charge is 0.231 e. The molecule has 2 heterocycles. The second kappa shape index (κ2) is 7.08. The Morgan fingerprint density at radius 1 is 1.19 bits per heavy atom. The fourth-order valence-corrected chi connectivity index (χ4v) is 4.55. The number of nitrogen functional groups attached to an aromatic ring is 1. The average Bonchev–Trinajstić information content (AvgIpc) is 3.25. The molecule has 7 heteroatoms. The zero-order chi connectivity index (χ0) is 19.1. The molecule has 0 amide bonds. The lowest BCUT2D eigenvalue weighted by atomic mass is 9.95. The number of nitrogens with two attached hydrogens (primary N) is 1. The molecule has 27 heavy (non-hydrogen) atoms. The van der Waals surface area contributed by atoms with Crippen LogP contribution in [0.2, 0.25) is 10.0 Å². The van der Waals surface area contributed by atoms with Crippen LogP contribution in [-0.4, -0.2) is 17.3 Å². The normalized spacial score (nSPS) is 18.9. The van der Waals surface area contributed by atoms with Gasteiger partial charge in [0.15, 0.2) is 5.76 Å². The minimum Gasteiger partial charge on any atom is -0.450 e. The van der Waals surface area contributed by atoms with Crippen LogP contribution in [0.5, 0.6) is 0 Å². The maximum atomic E-state index is 12.8. The molecule has 0 saturated carbocycles. The molecule has 0 radical (unpaired) electrons. The molecule has 2 aromatic carbocycles. The first-order chi connectivity index (χ1) is 13.0. The van der Waals surface area contributed by atoms with E-state index in [4.69, 9.17) is 33.4 Å². The fourth-order valence-electron chi connectivity index (χ4n) is 3.14. The Morgan fingerprint density at radius 3 is 2.74 bits per heavy atom. The van der Waals surface area contributed by atoms with Gasteiger partial charge in [-0.1, -0.05) is 35.3 Å². The van der Waals surface area contributed by atoms with E-state index in [1.165, 1.54) is 17.8 Å². The molecule has 2 N–H and O–H groups in total. The third-order valence-electron chi connectivity index (χ3n) is 4.53. The van der Waals surface area contributed by atoms with Crippen LogP contribution in [0.3, 0.4) is 0 Å². The van der Waals surface area contributed by atoms with Gasteiger partial charge in [0.05, 0.1) is 16.0 Å². The van der Waals surface area contributed by atoms with Crippen molar-refractivity contribution < 1.29 is 14.0 Å². The molecular formula is C20H13Cl2NO3S. The monoisotopic (exact) mass is 417 g/mol. The highest BCUT2D eigenvalue weighted by Gasteiger charge is 2.27. The second-order valence-electron chi connectivity index (χ2n) is 6.14. The number of aldehydes is 1. The highest BCUT2D eigenvalue weighted by Crippen LogP contribution is 2.39. The van der Waals surface area contributed by atoms with Crippen molar-refractivity contribution >= 4 is 63.7 Å². The molecule has 4 rings (SSSR count). The van der Waals surface area contributed by atoms with Gasteiger partial charge in [-0.2, -0.15) is 0 Å². The lowest BCUT2D eigenvalue weighted by molar-refractivity contribution is -0.107. The van der Waals surface area contributed by atoms with Gasteiger partial charge in [0, 0.05) is 21.9 Å². The van der Waals surface area contributed by atoms with E-state index < -0.39 is 5.78 Å². The summed E-state index contributed by atoms with van der Waals surface area (Å²) < 4.78 is 5.78. The summed E-state index contributed by atoms with van der Waals surface area (Å²) >= 11 is 13.5. The van der Waals surface area contributed by atoms with Gasteiger partial charge in [0.2, 0.25) is 5.78 Å². The number of benzene rings is 2. The summed E-state index contributed by atoms with van der Waals surface area (Å²) in [5, 5.41) is 3.07. The number of hydrogen-bond acceptors (Lipinski definition) is 5. The topological polar surface area (TPSA) is 73.3 Å². The van der Waals surface area contributed by atoms with Crippen molar-refractivity contribution in [1.29, 1.82) is 0 Å². The summed E-state index contributed by atoms with van der Waals surface area (Å²) in [6, 6.07) is 10.2. The van der Waals surface area contributed by atoms with Gasteiger partial charge in [-0.05, 0) is 41.3 Å². The summed E-state index contributed by atoms with van der Waals surface area (Å²) in [5.74, 6) is -0.406. The van der Waals surface area contributed by atoms with Gasteiger partial charge in [-0.25, -0.2) is 0 Å². The van der Waals surface area contributed by atoms with Crippen molar-refractivity contribution in [1.82, 2.24) is 0 Å². The number of fused-ring (bicyclic) bond motifs is 1. The van der Waals surface area contributed by atoms with E-state index in [1.54, 1.807) is 12.1 Å². The zero-order valence-corrected chi connectivity index (χ0v) is 16.1. The lowest BCUT2D eigenvalue weighted by Gasteiger charge is -2.12. The van der Waals surface area contributed by atoms with Gasteiger partial charge in [-0.3, -0.25) is 4.79 Å². The van der Waals surface area contributed by atoms with E-state index in [1.807, 2.05) is 29.7 Å². The van der Waals surface area contributed by atoms with Crippen LogP contribution in [0.15, 0.2) is 52.3 Å². The van der Waals surface area contributed by atoms with Gasteiger partial charge in [-0.15, -0.1) is 11.8 Å². The molecular weight excluding hydrogens is 405 g/mol. The predicted octanol–water partition coefficient (Wildman–Crippen LogP) is 5.46. The van der Waals surface area contributed by atoms with E-state index in [0.29, 0.717) is 16.0 Å². The molecule has 1 aliphatic heterocycles. The van der Waals surface area contributed by atoms with Crippen LogP contribution in [0.25, 0.3) is 11.0 Å². The minimum absolute atomic E-state index is 0.0342. The Bertz CT molecular complexity index is 1110. The van der Waals surface area contributed by atoms with Crippen molar-refractivity contribution in [2.75, 3.05) is 5.73 Å². The molecule has 3 aromatic rings. The third kappa shape index (κ3) is 3.16. The number of rotatable bonds is 4. The maximum Gasteiger partial charge on any atom is 0.231 e. The molecule has 2 unspecified atom stereocenters. The average molecular weight is 418 g/mol. The summed E-state index contributed by atoms with van der Waals surface area (Å²) in [4.78, 5) is 24.1.